The Morgan fingerprint density at radius 1 is 1.00 bits per heavy atom. The molecule has 0 aromatic heterocycles. The number of nitrogens with two attached hydrogens (primary N) is 1. The van der Waals surface area contributed by atoms with Crippen LogP contribution in [0, 0.1) is 19.7 Å². The van der Waals surface area contributed by atoms with Gasteiger partial charge in [0, 0.05) is 6.54 Å². The molecule has 0 saturated carbocycles. The highest BCUT2D eigenvalue weighted by Crippen LogP contribution is 2.26. The minimum Gasteiger partial charge on any atom is -0.326 e. The molecule has 0 atom stereocenters. The van der Waals surface area contributed by atoms with Crippen LogP contribution in [-0.2, 0) is 6.54 Å². The molecule has 2 aromatic rings. The van der Waals surface area contributed by atoms with Crippen molar-refractivity contribution >= 4 is 0 Å². The van der Waals surface area contributed by atoms with Gasteiger partial charge in [0.25, 0.3) is 0 Å². The molecule has 2 N–H and O–H groups in total. The average Bonchev–Trinajstić information content (AvgIpc) is 2.27. The number of aryl methyl sites for hydroxylation is 2. The lowest BCUT2D eigenvalue weighted by molar-refractivity contribution is 0.627. The lowest BCUT2D eigenvalue weighted by Crippen LogP contribution is -1.99. The molecule has 0 aliphatic heterocycles. The normalized spacial score (nSPS) is 10.6. The Bertz CT molecular complexity index is 526. The van der Waals surface area contributed by atoms with E-state index in [0.29, 0.717) is 6.54 Å². The van der Waals surface area contributed by atoms with E-state index in [4.69, 9.17) is 5.73 Å². The lowest BCUT2D eigenvalue weighted by atomic mass is 9.96. The van der Waals surface area contributed by atoms with Crippen molar-refractivity contribution in [2.75, 3.05) is 0 Å². The van der Waals surface area contributed by atoms with E-state index in [1.165, 1.54) is 6.07 Å². The summed E-state index contributed by atoms with van der Waals surface area (Å²) >= 11 is 0. The van der Waals surface area contributed by atoms with Crippen molar-refractivity contribution in [1.82, 2.24) is 0 Å². The standard InChI is InChI=1S/C15H16FN/c1-10-3-4-12(9-17)15(7-10)13-5-11(2)6-14(16)8-13/h3-8H,9,17H2,1-2H3. The van der Waals surface area contributed by atoms with Crippen LogP contribution in [0.15, 0.2) is 36.4 Å². The molecule has 1 nitrogen and oxygen atoms in total. The third-order valence-corrected chi connectivity index (χ3v) is 2.84. The quantitative estimate of drug-likeness (QED) is 0.837. The lowest BCUT2D eigenvalue weighted by Gasteiger charge is -2.10. The first-order valence-electron chi connectivity index (χ1n) is 5.67. The number of rotatable bonds is 2. The van der Waals surface area contributed by atoms with Crippen LogP contribution in [0.5, 0.6) is 0 Å². The Kier molecular flexibility index (Phi) is 3.25. The van der Waals surface area contributed by atoms with E-state index in [1.54, 1.807) is 6.07 Å². The monoisotopic (exact) mass is 229 g/mol. The van der Waals surface area contributed by atoms with Crippen molar-refractivity contribution in [3.63, 3.8) is 0 Å². The minimum atomic E-state index is -0.204. The Morgan fingerprint density at radius 2 is 1.76 bits per heavy atom. The highest BCUT2D eigenvalue weighted by Gasteiger charge is 2.06. The van der Waals surface area contributed by atoms with Crippen molar-refractivity contribution in [3.8, 4) is 11.1 Å². The maximum absolute atomic E-state index is 13.4. The number of hydrogen-bond donors (Lipinski definition) is 1. The van der Waals surface area contributed by atoms with Crippen LogP contribution in [0.2, 0.25) is 0 Å². The summed E-state index contributed by atoms with van der Waals surface area (Å²) in [4.78, 5) is 0. The Labute approximate surface area is 101 Å². The Balaban J connectivity index is 2.62. The highest BCUT2D eigenvalue weighted by atomic mass is 19.1. The fourth-order valence-corrected chi connectivity index (χ4v) is 2.03. The summed E-state index contributed by atoms with van der Waals surface area (Å²) in [5.74, 6) is -0.204. The van der Waals surface area contributed by atoms with Gasteiger partial charge in [0.1, 0.15) is 5.82 Å². The topological polar surface area (TPSA) is 26.0 Å². The first kappa shape index (κ1) is 11.8. The zero-order valence-corrected chi connectivity index (χ0v) is 10.1. The molecule has 0 amide bonds. The summed E-state index contributed by atoms with van der Waals surface area (Å²) in [6.45, 7) is 4.38. The van der Waals surface area contributed by atoms with Gasteiger partial charge in [-0.25, -0.2) is 4.39 Å². The largest absolute Gasteiger partial charge is 0.326 e. The van der Waals surface area contributed by atoms with Crippen LogP contribution in [0.1, 0.15) is 16.7 Å². The van der Waals surface area contributed by atoms with Crippen LogP contribution in [0.3, 0.4) is 0 Å². The van der Waals surface area contributed by atoms with Crippen LogP contribution in [0.4, 0.5) is 4.39 Å². The van der Waals surface area contributed by atoms with Crippen LogP contribution < -0.4 is 5.73 Å². The second kappa shape index (κ2) is 4.68. The molecule has 2 aromatic carbocycles. The third kappa shape index (κ3) is 2.53. The molecule has 2 heteroatoms. The maximum atomic E-state index is 13.4. The molecule has 88 valence electrons. The molecule has 0 fully saturated rings. The van der Waals surface area contributed by atoms with Gasteiger partial charge >= 0.3 is 0 Å². The zero-order chi connectivity index (χ0) is 12.4. The molecular weight excluding hydrogens is 213 g/mol. The first-order valence-corrected chi connectivity index (χ1v) is 5.67. The van der Waals surface area contributed by atoms with Gasteiger partial charge in [0.05, 0.1) is 0 Å². The Morgan fingerprint density at radius 3 is 2.41 bits per heavy atom. The summed E-state index contributed by atoms with van der Waals surface area (Å²) in [6, 6.07) is 11.2. The van der Waals surface area contributed by atoms with Crippen molar-refractivity contribution in [2.45, 2.75) is 20.4 Å². The van der Waals surface area contributed by atoms with E-state index in [1.807, 2.05) is 32.0 Å². The van der Waals surface area contributed by atoms with Gasteiger partial charge in [0.2, 0.25) is 0 Å². The van der Waals surface area contributed by atoms with Crippen LogP contribution in [0.25, 0.3) is 11.1 Å². The van der Waals surface area contributed by atoms with E-state index in [2.05, 4.69) is 6.07 Å². The molecule has 2 rings (SSSR count). The van der Waals surface area contributed by atoms with E-state index in [9.17, 15) is 4.39 Å². The molecule has 17 heavy (non-hydrogen) atoms. The van der Waals surface area contributed by atoms with Gasteiger partial charge in [-0.2, -0.15) is 0 Å². The Hall–Kier alpha value is -1.67. The predicted molar refractivity (Wildman–Crippen MR) is 69.2 cm³/mol. The van der Waals surface area contributed by atoms with Crippen molar-refractivity contribution in [1.29, 1.82) is 0 Å². The molecular formula is C15H16FN. The number of hydrogen-bond acceptors (Lipinski definition) is 1. The van der Waals surface area contributed by atoms with Crippen molar-refractivity contribution in [3.05, 3.63) is 58.9 Å². The molecule has 0 aliphatic carbocycles. The zero-order valence-electron chi connectivity index (χ0n) is 10.1. The average molecular weight is 229 g/mol. The summed E-state index contributed by atoms with van der Waals surface area (Å²) in [5, 5.41) is 0. The maximum Gasteiger partial charge on any atom is 0.124 e. The van der Waals surface area contributed by atoms with Gasteiger partial charge in [-0.15, -0.1) is 0 Å². The molecule has 0 saturated heterocycles. The smallest absolute Gasteiger partial charge is 0.124 e. The highest BCUT2D eigenvalue weighted by molar-refractivity contribution is 5.68. The van der Waals surface area contributed by atoms with Crippen molar-refractivity contribution in [2.24, 2.45) is 5.73 Å². The van der Waals surface area contributed by atoms with E-state index in [0.717, 1.165) is 27.8 Å². The summed E-state index contributed by atoms with van der Waals surface area (Å²) in [5.41, 5.74) is 10.8. The van der Waals surface area contributed by atoms with Gasteiger partial charge < -0.3 is 5.73 Å². The molecule has 0 aliphatic rings. The second-order valence-corrected chi connectivity index (χ2v) is 4.38. The summed E-state index contributed by atoms with van der Waals surface area (Å²) < 4.78 is 13.4. The van der Waals surface area contributed by atoms with E-state index in [-0.39, 0.29) is 5.82 Å². The van der Waals surface area contributed by atoms with Gasteiger partial charge in [-0.3, -0.25) is 0 Å². The molecule has 0 heterocycles. The van der Waals surface area contributed by atoms with Gasteiger partial charge in [-0.05, 0) is 48.2 Å². The molecule has 0 bridgehead atoms. The van der Waals surface area contributed by atoms with Gasteiger partial charge in [-0.1, -0.05) is 29.8 Å². The third-order valence-electron chi connectivity index (χ3n) is 2.84. The van der Waals surface area contributed by atoms with E-state index < -0.39 is 0 Å². The second-order valence-electron chi connectivity index (χ2n) is 4.38. The van der Waals surface area contributed by atoms with Gasteiger partial charge in [0.15, 0.2) is 0 Å². The SMILES string of the molecule is Cc1cc(F)cc(-c2cc(C)ccc2CN)c1. The molecule has 0 spiro atoms. The first-order chi connectivity index (χ1) is 8.10. The summed E-state index contributed by atoms with van der Waals surface area (Å²) in [6.07, 6.45) is 0. The molecule has 0 radical (unpaired) electrons. The predicted octanol–water partition coefficient (Wildman–Crippen LogP) is 3.57. The molecule has 0 unspecified atom stereocenters. The fraction of sp³-hybridized carbons (Fsp3) is 0.200. The number of halogens is 1. The summed E-state index contributed by atoms with van der Waals surface area (Å²) in [7, 11) is 0. The van der Waals surface area contributed by atoms with Crippen molar-refractivity contribution < 1.29 is 4.39 Å². The van der Waals surface area contributed by atoms with Crippen LogP contribution in [-0.4, -0.2) is 0 Å². The fourth-order valence-electron chi connectivity index (χ4n) is 2.03. The van der Waals surface area contributed by atoms with E-state index >= 15 is 0 Å². The van der Waals surface area contributed by atoms with Crippen LogP contribution >= 0.6 is 0 Å². The minimum absolute atomic E-state index is 0.204. The number of benzene rings is 2.